The van der Waals surface area contributed by atoms with Crippen LogP contribution in [0.2, 0.25) is 0 Å². The molecule has 0 rings (SSSR count). The molecule has 0 radical (unpaired) electrons. The topological polar surface area (TPSA) is 122 Å². The Bertz CT molecular complexity index is 161. The first-order valence-corrected chi connectivity index (χ1v) is 2.36. The molecule has 0 aliphatic heterocycles. The Balaban J connectivity index is 0. The van der Waals surface area contributed by atoms with E-state index in [1.165, 1.54) is 0 Å². The van der Waals surface area contributed by atoms with Crippen LogP contribution in [0.15, 0.2) is 5.28 Å². The molecule has 0 saturated heterocycles. The number of rotatable bonds is 3. The number of hydrogen-bond donors (Lipinski definition) is 3. The van der Waals surface area contributed by atoms with Gasteiger partial charge in [0.25, 0.3) is 0 Å². The summed E-state index contributed by atoms with van der Waals surface area (Å²) >= 11 is 0. The summed E-state index contributed by atoms with van der Waals surface area (Å²) in [5.74, 6) is -1.32. The van der Waals surface area contributed by atoms with Crippen molar-refractivity contribution in [3.63, 3.8) is 0 Å². The zero-order chi connectivity index (χ0) is 8.15. The van der Waals surface area contributed by atoms with E-state index in [0.717, 1.165) is 0 Å². The Morgan fingerprint density at radius 2 is 2.27 bits per heavy atom. The van der Waals surface area contributed by atoms with E-state index in [1.807, 2.05) is 0 Å². The van der Waals surface area contributed by atoms with Crippen molar-refractivity contribution in [2.75, 3.05) is 6.54 Å². The van der Waals surface area contributed by atoms with Crippen molar-refractivity contribution in [3.05, 3.63) is 5.21 Å². The molecule has 7 nitrogen and oxygen atoms in total. The summed E-state index contributed by atoms with van der Waals surface area (Å²) in [5.41, 5.74) is 4.88. The maximum absolute atomic E-state index is 10.1. The molecule has 0 aromatic carbocycles. The number of nitrogens with two attached hydrogens (primary N) is 1. The van der Waals surface area contributed by atoms with Crippen LogP contribution in [0.5, 0.6) is 0 Å². The fourth-order valence-corrected chi connectivity index (χ4v) is 0.283. The monoisotopic (exact) mass is 172 g/mol. The summed E-state index contributed by atoms with van der Waals surface area (Å²) in [6.07, 6.45) is 0. The number of carbonyl (C=O) groups is 1. The fraction of sp³-hybridized carbons (Fsp3) is 0.667. The second-order valence-electron chi connectivity index (χ2n) is 1.57. The maximum atomic E-state index is 10.1. The first-order valence-electron chi connectivity index (χ1n) is 2.36. The average molecular weight is 172 g/mol. The predicted octanol–water partition coefficient (Wildman–Crippen LogP) is -4.25. The molecule has 4 N–H and O–H groups in total. The van der Waals surface area contributed by atoms with Crippen LogP contribution in [0.4, 0.5) is 0 Å². The van der Waals surface area contributed by atoms with Gasteiger partial charge in [0.2, 0.25) is 6.54 Å². The van der Waals surface area contributed by atoms with Crippen LogP contribution < -0.4 is 35.3 Å². The molecule has 1 unspecified atom stereocenters. The molecule has 0 spiro atoms. The molecule has 8 heteroatoms. The average Bonchev–Trinajstić information content (AvgIpc) is 1.87. The second-order valence-corrected chi connectivity index (χ2v) is 1.57. The summed E-state index contributed by atoms with van der Waals surface area (Å²) in [6.45, 7) is -0.564. The normalized spacial score (nSPS) is 13.4. The van der Waals surface area contributed by atoms with Crippen LogP contribution in [0.25, 0.3) is 0 Å². The van der Waals surface area contributed by atoms with Crippen molar-refractivity contribution in [3.8, 4) is 0 Å². The first-order chi connectivity index (χ1) is 4.57. The van der Waals surface area contributed by atoms with Crippen LogP contribution in [-0.4, -0.2) is 33.7 Å². The molecular weight excluding hydrogens is 165 g/mol. The van der Waals surface area contributed by atoms with E-state index >= 15 is 0 Å². The smallest absolute Gasteiger partial charge is 0.597 e. The second kappa shape index (κ2) is 6.35. The van der Waals surface area contributed by atoms with E-state index in [9.17, 15) is 10.0 Å². The fourth-order valence-electron chi connectivity index (χ4n) is 0.283. The van der Waals surface area contributed by atoms with Gasteiger partial charge in [-0.1, -0.05) is 4.86 Å². The minimum atomic E-state index is -1.33. The largest absolute Gasteiger partial charge is 1.00 e. The van der Waals surface area contributed by atoms with Gasteiger partial charge in [0.1, 0.15) is 0 Å². The molecule has 0 aromatic heterocycles. The molecule has 1 atom stereocenters. The standard InChI is InChI=1S/C3H7N3O4.Na/c4-2(3(7)8)1-6(10)5-9;/h2,9H,1,4H2,(H,7,8);/q;+1/b6-5-;. The number of hydrogen-bond acceptors (Lipinski definition) is 4. The zero-order valence-corrected chi connectivity index (χ0v) is 7.97. The molecule has 0 amide bonds. The Morgan fingerprint density at radius 3 is 2.55 bits per heavy atom. The Morgan fingerprint density at radius 1 is 1.82 bits per heavy atom. The van der Waals surface area contributed by atoms with Crippen molar-refractivity contribution in [1.29, 1.82) is 0 Å². The molecule has 0 aromatic rings. The Labute approximate surface area is 84.3 Å². The van der Waals surface area contributed by atoms with E-state index in [0.29, 0.717) is 0 Å². The summed E-state index contributed by atoms with van der Waals surface area (Å²) in [4.78, 5) is 9.73. The molecule has 0 bridgehead atoms. The van der Waals surface area contributed by atoms with Crippen molar-refractivity contribution in [1.82, 2.24) is 0 Å². The van der Waals surface area contributed by atoms with Crippen LogP contribution >= 0.6 is 0 Å². The number of aliphatic carboxylic acids is 1. The van der Waals surface area contributed by atoms with E-state index in [4.69, 9.17) is 16.0 Å². The third-order valence-corrected chi connectivity index (χ3v) is 0.770. The van der Waals surface area contributed by atoms with Gasteiger partial charge in [-0.25, -0.2) is 0 Å². The third kappa shape index (κ3) is 6.05. The summed E-state index contributed by atoms with van der Waals surface area (Å²) in [7, 11) is 0. The molecular formula is C3H7N3NaO4+. The van der Waals surface area contributed by atoms with Gasteiger partial charge < -0.3 is 21.3 Å². The minimum Gasteiger partial charge on any atom is -0.597 e. The Kier molecular flexibility index (Phi) is 7.64. The summed E-state index contributed by atoms with van der Waals surface area (Å²) in [6, 6.07) is -1.33. The first kappa shape index (κ1) is 13.2. The number of carboxylic acid groups (broad SMARTS) is 1. The van der Waals surface area contributed by atoms with Gasteiger partial charge in [-0.05, 0) is 0 Å². The van der Waals surface area contributed by atoms with Crippen LogP contribution in [0.3, 0.4) is 0 Å². The van der Waals surface area contributed by atoms with Crippen molar-refractivity contribution >= 4 is 5.97 Å². The molecule has 58 valence electrons. The number of carboxylic acids is 1. The number of hydroxylamine groups is 1. The summed E-state index contributed by atoms with van der Waals surface area (Å²) in [5, 5.41) is 28.1. The third-order valence-electron chi connectivity index (χ3n) is 0.770. The maximum Gasteiger partial charge on any atom is 1.00 e. The molecule has 0 aliphatic carbocycles. The minimum absolute atomic E-state index is 0. The van der Waals surface area contributed by atoms with Gasteiger partial charge in [0, 0.05) is 0 Å². The van der Waals surface area contributed by atoms with Crippen molar-refractivity contribution in [2.45, 2.75) is 6.04 Å². The van der Waals surface area contributed by atoms with Crippen LogP contribution in [-0.2, 0) is 4.79 Å². The van der Waals surface area contributed by atoms with Gasteiger partial charge in [-0.3, -0.25) is 4.79 Å². The van der Waals surface area contributed by atoms with Gasteiger partial charge >= 0.3 is 35.5 Å². The van der Waals surface area contributed by atoms with Crippen molar-refractivity contribution < 1.29 is 49.5 Å². The van der Waals surface area contributed by atoms with Crippen LogP contribution in [0, 0.1) is 5.21 Å². The predicted molar refractivity (Wildman–Crippen MR) is 28.3 cm³/mol. The zero-order valence-electron chi connectivity index (χ0n) is 5.97. The number of nitrogens with zero attached hydrogens (tertiary/aromatic N) is 2. The summed E-state index contributed by atoms with van der Waals surface area (Å²) < 4.78 is 0. The SMILES string of the molecule is NC(C/[N+]([O-])=N/O)C(=O)O.[Na+]. The molecule has 0 aliphatic rings. The van der Waals surface area contributed by atoms with Crippen molar-refractivity contribution in [2.24, 2.45) is 11.0 Å². The van der Waals surface area contributed by atoms with E-state index in [1.54, 1.807) is 0 Å². The Hall–Kier alpha value is -0.370. The molecule has 0 fully saturated rings. The van der Waals surface area contributed by atoms with Gasteiger partial charge in [0.05, 0.1) is 0 Å². The van der Waals surface area contributed by atoms with E-state index in [2.05, 4.69) is 5.28 Å². The van der Waals surface area contributed by atoms with E-state index < -0.39 is 18.6 Å². The molecule has 11 heavy (non-hydrogen) atoms. The molecule has 0 saturated carbocycles. The van der Waals surface area contributed by atoms with E-state index in [-0.39, 0.29) is 34.4 Å². The van der Waals surface area contributed by atoms with Gasteiger partial charge in [-0.15, -0.1) is 0 Å². The van der Waals surface area contributed by atoms with Gasteiger partial charge in [-0.2, -0.15) is 0 Å². The van der Waals surface area contributed by atoms with Crippen LogP contribution in [0.1, 0.15) is 0 Å². The quantitative estimate of drug-likeness (QED) is 0.172. The van der Waals surface area contributed by atoms with Gasteiger partial charge in [0.15, 0.2) is 11.3 Å². The molecule has 0 heterocycles.